The first-order valence-corrected chi connectivity index (χ1v) is 13.9. The van der Waals surface area contributed by atoms with E-state index in [0.717, 1.165) is 37.4 Å². The van der Waals surface area contributed by atoms with Gasteiger partial charge in [-0.1, -0.05) is 42.3 Å². The Hall–Kier alpha value is -1.24. The summed E-state index contributed by atoms with van der Waals surface area (Å²) in [7, 11) is 8.89. The lowest BCUT2D eigenvalue weighted by Gasteiger charge is -2.54. The molecule has 1 aromatic carbocycles. The Morgan fingerprint density at radius 3 is 2.25 bits per heavy atom. The Bertz CT molecular complexity index is 931. The van der Waals surface area contributed by atoms with Gasteiger partial charge in [-0.2, -0.15) is 0 Å². The van der Waals surface area contributed by atoms with Gasteiger partial charge in [-0.25, -0.2) is 0 Å². The quantitative estimate of drug-likeness (QED) is 0.297. The van der Waals surface area contributed by atoms with E-state index in [0.29, 0.717) is 29.1 Å². The van der Waals surface area contributed by atoms with Crippen LogP contribution >= 0.6 is 0 Å². The second-order valence-corrected chi connectivity index (χ2v) is 12.0. The molecule has 5 nitrogen and oxygen atoms in total. The van der Waals surface area contributed by atoms with Crippen molar-refractivity contribution >= 4 is 0 Å². The van der Waals surface area contributed by atoms with E-state index in [1.807, 2.05) is 21.3 Å². The number of ether oxygens (including phenoxy) is 5. The maximum Gasteiger partial charge on any atom is 0.183 e. The normalized spacial score (nSPS) is 35.5. The van der Waals surface area contributed by atoms with Crippen molar-refractivity contribution in [3.8, 4) is 0 Å². The topological polar surface area (TPSA) is 46.2 Å². The number of benzene rings is 1. The third-order valence-electron chi connectivity index (χ3n) is 10.7. The maximum atomic E-state index is 5.93. The highest BCUT2D eigenvalue weighted by Crippen LogP contribution is 2.66. The molecule has 4 aliphatic carbocycles. The van der Waals surface area contributed by atoms with E-state index in [1.54, 1.807) is 25.4 Å². The van der Waals surface area contributed by atoms with Gasteiger partial charge < -0.3 is 23.7 Å². The Morgan fingerprint density at radius 1 is 0.889 bits per heavy atom. The number of hydrogen-bond donors (Lipinski definition) is 0. The van der Waals surface area contributed by atoms with Gasteiger partial charge in [0.15, 0.2) is 12.1 Å². The monoisotopic (exact) mass is 498 g/mol. The third kappa shape index (κ3) is 4.29. The first kappa shape index (κ1) is 26.4. The molecule has 0 aromatic heterocycles. The molecule has 36 heavy (non-hydrogen) atoms. The molecule has 200 valence electrons. The molecule has 0 aliphatic heterocycles. The Kier molecular flexibility index (Phi) is 7.69. The van der Waals surface area contributed by atoms with E-state index < -0.39 is 5.79 Å². The lowest BCUT2D eigenvalue weighted by atomic mass is 9.51. The first-order chi connectivity index (χ1) is 17.4. The molecule has 3 saturated carbocycles. The summed E-state index contributed by atoms with van der Waals surface area (Å²) in [6.45, 7) is 3.46. The smallest absolute Gasteiger partial charge is 0.183 e. The number of allylic oxidation sites excluding steroid dienone is 2. The van der Waals surface area contributed by atoms with Crippen molar-refractivity contribution in [2.24, 2.45) is 29.1 Å². The lowest BCUT2D eigenvalue weighted by molar-refractivity contribution is -0.226. The molecule has 0 heterocycles. The molecule has 0 saturated heterocycles. The fourth-order valence-corrected chi connectivity index (χ4v) is 8.81. The van der Waals surface area contributed by atoms with Gasteiger partial charge in [0.25, 0.3) is 0 Å². The van der Waals surface area contributed by atoms with Crippen LogP contribution in [0.5, 0.6) is 0 Å². The summed E-state index contributed by atoms with van der Waals surface area (Å²) in [5, 5.41) is 0. The van der Waals surface area contributed by atoms with Crippen LogP contribution < -0.4 is 0 Å². The van der Waals surface area contributed by atoms with Gasteiger partial charge in [-0.05, 0) is 73.2 Å². The van der Waals surface area contributed by atoms with Gasteiger partial charge in [0, 0.05) is 66.5 Å². The molecule has 4 aliphatic rings. The zero-order valence-corrected chi connectivity index (χ0v) is 23.2. The van der Waals surface area contributed by atoms with Crippen molar-refractivity contribution < 1.29 is 23.7 Å². The van der Waals surface area contributed by atoms with Gasteiger partial charge >= 0.3 is 0 Å². The molecular weight excluding hydrogens is 452 g/mol. The van der Waals surface area contributed by atoms with E-state index in [4.69, 9.17) is 23.7 Å². The first-order valence-electron chi connectivity index (χ1n) is 13.9. The van der Waals surface area contributed by atoms with Crippen LogP contribution in [0.25, 0.3) is 0 Å². The highest BCUT2D eigenvalue weighted by molar-refractivity contribution is 5.41. The van der Waals surface area contributed by atoms with Crippen LogP contribution in [0.2, 0.25) is 0 Å². The van der Waals surface area contributed by atoms with Crippen molar-refractivity contribution in [2.45, 2.75) is 76.3 Å². The van der Waals surface area contributed by atoms with Crippen LogP contribution in [0, 0.1) is 29.1 Å². The molecule has 3 fully saturated rings. The lowest BCUT2D eigenvalue weighted by Crippen LogP contribution is -2.47. The fraction of sp³-hybridized carbons (Fsp3) is 0.742. The van der Waals surface area contributed by atoms with E-state index in [9.17, 15) is 0 Å². The van der Waals surface area contributed by atoms with Gasteiger partial charge in [0.2, 0.25) is 0 Å². The predicted octanol–water partition coefficient (Wildman–Crippen LogP) is 6.64. The standard InChI is InChI=1S/C31H46O5/c1-30-18-26(20-7-9-21(10-8-20)29(33-3)34-4)28-24-15-16-31(35-5,36-6)17-22(24)11-13-25(28)27(30)14-12-23(30)19-32-2/h7-10,22-23,25-27,29H,11-19H2,1-6H3/t22-,23-,25-,26+,27-,30+/m0/s1. The Balaban J connectivity index is 1.56. The average Bonchev–Trinajstić information content (AvgIpc) is 3.24. The molecule has 6 atom stereocenters. The summed E-state index contributed by atoms with van der Waals surface area (Å²) >= 11 is 0. The molecule has 5 heteroatoms. The van der Waals surface area contributed by atoms with Gasteiger partial charge in [0.05, 0.1) is 0 Å². The summed E-state index contributed by atoms with van der Waals surface area (Å²) < 4.78 is 28.6. The minimum absolute atomic E-state index is 0.319. The van der Waals surface area contributed by atoms with Crippen molar-refractivity contribution in [1.29, 1.82) is 0 Å². The van der Waals surface area contributed by atoms with Crippen molar-refractivity contribution in [3.05, 3.63) is 46.5 Å². The van der Waals surface area contributed by atoms with Crippen molar-refractivity contribution in [3.63, 3.8) is 0 Å². The van der Waals surface area contributed by atoms with Crippen LogP contribution in [0.1, 0.15) is 81.6 Å². The molecule has 1 aromatic rings. The highest BCUT2D eigenvalue weighted by Gasteiger charge is 2.57. The zero-order chi connectivity index (χ0) is 25.5. The van der Waals surface area contributed by atoms with Crippen LogP contribution in [0.3, 0.4) is 0 Å². The largest absolute Gasteiger partial charge is 0.384 e. The minimum Gasteiger partial charge on any atom is -0.384 e. The second kappa shape index (κ2) is 10.5. The Labute approximate surface area is 217 Å². The number of methoxy groups -OCH3 is 5. The van der Waals surface area contributed by atoms with E-state index in [2.05, 4.69) is 31.2 Å². The fourth-order valence-electron chi connectivity index (χ4n) is 8.81. The molecule has 0 amide bonds. The Morgan fingerprint density at radius 2 is 1.61 bits per heavy atom. The second-order valence-electron chi connectivity index (χ2n) is 12.0. The number of fused-ring (bicyclic) bond motifs is 4. The summed E-state index contributed by atoms with van der Waals surface area (Å²) in [6.07, 6.45) is 9.09. The van der Waals surface area contributed by atoms with Gasteiger partial charge in [-0.3, -0.25) is 0 Å². The number of rotatable bonds is 8. The highest BCUT2D eigenvalue weighted by atomic mass is 16.7. The SMILES string of the molecule is COC[C@@H]1CC[C@H]2[C@@H]3CC[C@H]4CC(OC)(OC)CCC4=C3[C@@H](c3ccc(C(OC)OC)cc3)C[C@]12C. The van der Waals surface area contributed by atoms with Crippen molar-refractivity contribution in [2.75, 3.05) is 42.2 Å². The van der Waals surface area contributed by atoms with Gasteiger partial charge in [-0.15, -0.1) is 0 Å². The summed E-state index contributed by atoms with van der Waals surface area (Å²) in [4.78, 5) is 0. The van der Waals surface area contributed by atoms with Gasteiger partial charge in [0.1, 0.15) is 0 Å². The minimum atomic E-state index is -0.422. The average molecular weight is 499 g/mol. The van der Waals surface area contributed by atoms with E-state index >= 15 is 0 Å². The molecule has 0 radical (unpaired) electrons. The van der Waals surface area contributed by atoms with Crippen LogP contribution in [0.15, 0.2) is 35.4 Å². The predicted molar refractivity (Wildman–Crippen MR) is 141 cm³/mol. The summed E-state index contributed by atoms with van der Waals surface area (Å²) in [5.74, 6) is 2.70. The molecular formula is C31H46O5. The van der Waals surface area contributed by atoms with Crippen LogP contribution in [-0.2, 0) is 23.7 Å². The van der Waals surface area contributed by atoms with Crippen molar-refractivity contribution in [1.82, 2.24) is 0 Å². The molecule has 0 spiro atoms. The summed E-state index contributed by atoms with van der Waals surface area (Å²) in [5.41, 5.74) is 6.33. The van der Waals surface area contributed by atoms with Crippen LogP contribution in [0.4, 0.5) is 0 Å². The number of hydrogen-bond acceptors (Lipinski definition) is 5. The zero-order valence-electron chi connectivity index (χ0n) is 23.2. The van der Waals surface area contributed by atoms with Crippen LogP contribution in [-0.4, -0.2) is 47.9 Å². The molecule has 0 bridgehead atoms. The molecule has 0 unspecified atom stereocenters. The van der Waals surface area contributed by atoms with E-state index in [-0.39, 0.29) is 6.29 Å². The maximum absolute atomic E-state index is 5.93. The molecule has 5 rings (SSSR count). The summed E-state index contributed by atoms with van der Waals surface area (Å²) in [6, 6.07) is 9.07. The van der Waals surface area contributed by atoms with E-state index in [1.165, 1.54) is 37.7 Å². The molecule has 0 N–H and O–H groups in total. The third-order valence-corrected chi connectivity index (χ3v) is 10.7.